The summed E-state index contributed by atoms with van der Waals surface area (Å²) in [7, 11) is -1.64. The van der Waals surface area contributed by atoms with Crippen LogP contribution in [0.5, 0.6) is 5.75 Å². The summed E-state index contributed by atoms with van der Waals surface area (Å²) in [5.41, 5.74) is 1.65. The van der Waals surface area contributed by atoms with Gasteiger partial charge in [0.15, 0.2) is 9.84 Å². The van der Waals surface area contributed by atoms with Gasteiger partial charge in [0.05, 0.1) is 17.3 Å². The first kappa shape index (κ1) is 22.3. The topological polar surface area (TPSA) is 75.7 Å². The van der Waals surface area contributed by atoms with Crippen LogP contribution in [0, 0.1) is 0 Å². The van der Waals surface area contributed by atoms with Gasteiger partial charge >= 0.3 is 0 Å². The molecular weight excluding hydrogens is 400 g/mol. The number of methoxy groups -OCH3 is 1. The molecule has 0 bridgehead atoms. The summed E-state index contributed by atoms with van der Waals surface area (Å²) >= 11 is 0. The Morgan fingerprint density at radius 3 is 2.33 bits per heavy atom. The molecular formula is C23H30N2O4S. The van der Waals surface area contributed by atoms with Gasteiger partial charge < -0.3 is 10.1 Å². The van der Waals surface area contributed by atoms with E-state index in [2.05, 4.69) is 16.3 Å². The van der Waals surface area contributed by atoms with Gasteiger partial charge in [-0.2, -0.15) is 0 Å². The fourth-order valence-corrected chi connectivity index (χ4v) is 4.71. The van der Waals surface area contributed by atoms with Crippen molar-refractivity contribution in [3.05, 3.63) is 59.7 Å². The van der Waals surface area contributed by atoms with E-state index < -0.39 is 15.1 Å². The molecule has 1 aliphatic rings. The van der Waals surface area contributed by atoms with Crippen LogP contribution in [0.2, 0.25) is 0 Å². The summed E-state index contributed by atoms with van der Waals surface area (Å²) in [5, 5.41) is 2.60. The Kier molecular flexibility index (Phi) is 7.15. The van der Waals surface area contributed by atoms with Gasteiger partial charge in [-0.15, -0.1) is 0 Å². The van der Waals surface area contributed by atoms with Crippen LogP contribution in [-0.2, 0) is 16.4 Å². The van der Waals surface area contributed by atoms with E-state index in [-0.39, 0.29) is 16.8 Å². The number of carbonyl (C=O) groups is 1. The van der Waals surface area contributed by atoms with Crippen molar-refractivity contribution in [1.29, 1.82) is 0 Å². The lowest BCUT2D eigenvalue weighted by Gasteiger charge is -2.32. The maximum Gasteiger partial charge on any atom is 0.251 e. The van der Waals surface area contributed by atoms with Gasteiger partial charge in [-0.05, 0) is 57.0 Å². The molecule has 0 aliphatic carbocycles. The van der Waals surface area contributed by atoms with Crippen molar-refractivity contribution in [1.82, 2.24) is 10.2 Å². The summed E-state index contributed by atoms with van der Waals surface area (Å²) in [6, 6.07) is 14.3. The molecule has 0 spiro atoms. The summed E-state index contributed by atoms with van der Waals surface area (Å²) in [6.45, 7) is 5.92. The van der Waals surface area contributed by atoms with Crippen molar-refractivity contribution in [2.45, 2.75) is 49.4 Å². The molecule has 1 amide bonds. The first-order chi connectivity index (χ1) is 14.3. The molecule has 7 heteroatoms. The van der Waals surface area contributed by atoms with Crippen molar-refractivity contribution < 1.29 is 17.9 Å². The molecule has 2 aromatic rings. The van der Waals surface area contributed by atoms with E-state index in [1.165, 1.54) is 17.7 Å². The fraction of sp³-hybridized carbons (Fsp3) is 0.435. The number of amides is 1. The maximum absolute atomic E-state index is 12.6. The van der Waals surface area contributed by atoms with Gasteiger partial charge in [0.25, 0.3) is 5.91 Å². The van der Waals surface area contributed by atoms with Gasteiger partial charge in [0.1, 0.15) is 5.75 Å². The Hall–Kier alpha value is -2.38. The van der Waals surface area contributed by atoms with E-state index in [1.54, 1.807) is 33.1 Å². The second-order valence-corrected chi connectivity index (χ2v) is 10.5. The number of carbonyl (C=O) groups excluding carboxylic acids is 1. The summed E-state index contributed by atoms with van der Waals surface area (Å²) < 4.78 is 29.9. The van der Waals surface area contributed by atoms with E-state index in [9.17, 15) is 13.2 Å². The normalized spacial score (nSPS) is 15.9. The van der Waals surface area contributed by atoms with Gasteiger partial charge in [-0.25, -0.2) is 8.42 Å². The summed E-state index contributed by atoms with van der Waals surface area (Å²) in [6.07, 6.45) is 1.75. The number of nitrogens with one attached hydrogen (secondary N) is 1. The van der Waals surface area contributed by atoms with Crippen molar-refractivity contribution >= 4 is 15.7 Å². The van der Waals surface area contributed by atoms with Crippen LogP contribution in [0.15, 0.2) is 53.4 Å². The minimum atomic E-state index is -3.33. The fourth-order valence-electron chi connectivity index (χ4n) is 3.65. The molecule has 6 nitrogen and oxygen atoms in total. The number of nitrogens with zero attached hydrogens (tertiary/aromatic N) is 1. The number of hydrogen-bond acceptors (Lipinski definition) is 5. The van der Waals surface area contributed by atoms with Crippen molar-refractivity contribution in [2.24, 2.45) is 0 Å². The Balaban J connectivity index is 1.53. The number of piperidine rings is 1. The van der Waals surface area contributed by atoms with Crippen LogP contribution in [-0.4, -0.2) is 50.7 Å². The number of ether oxygens (including phenoxy) is 1. The van der Waals surface area contributed by atoms with E-state index in [1.807, 2.05) is 18.2 Å². The van der Waals surface area contributed by atoms with E-state index in [4.69, 9.17) is 4.74 Å². The third-order valence-electron chi connectivity index (χ3n) is 5.57. The van der Waals surface area contributed by atoms with E-state index in [0.717, 1.165) is 38.2 Å². The smallest absolute Gasteiger partial charge is 0.251 e. The SMILES string of the molecule is COc1ccccc1CN1CCC(NC(=O)c2ccc(S(=O)(=O)C(C)C)cc2)CC1. The highest BCUT2D eigenvalue weighted by Crippen LogP contribution is 2.22. The maximum atomic E-state index is 12.6. The van der Waals surface area contributed by atoms with Crippen LogP contribution in [0.25, 0.3) is 0 Å². The van der Waals surface area contributed by atoms with Crippen LogP contribution >= 0.6 is 0 Å². The zero-order chi connectivity index (χ0) is 21.7. The molecule has 1 N–H and O–H groups in total. The molecule has 3 rings (SSSR count). The molecule has 1 saturated heterocycles. The Morgan fingerprint density at radius 2 is 1.73 bits per heavy atom. The zero-order valence-corrected chi connectivity index (χ0v) is 18.6. The average Bonchev–Trinajstić information content (AvgIpc) is 2.75. The minimum Gasteiger partial charge on any atom is -0.496 e. The van der Waals surface area contributed by atoms with Gasteiger partial charge in [0, 0.05) is 36.8 Å². The molecule has 0 atom stereocenters. The number of likely N-dealkylation sites (tertiary alicyclic amines) is 1. The highest BCUT2D eigenvalue weighted by atomic mass is 32.2. The lowest BCUT2D eigenvalue weighted by Crippen LogP contribution is -2.44. The third kappa shape index (κ3) is 5.21. The number of para-hydroxylation sites is 1. The first-order valence-corrected chi connectivity index (χ1v) is 11.8. The van der Waals surface area contributed by atoms with Crippen molar-refractivity contribution in [3.63, 3.8) is 0 Å². The van der Waals surface area contributed by atoms with Crippen LogP contribution in [0.1, 0.15) is 42.6 Å². The predicted octanol–water partition coefficient (Wildman–Crippen LogP) is 3.27. The monoisotopic (exact) mass is 430 g/mol. The Labute approximate surface area is 179 Å². The second-order valence-electron chi connectivity index (χ2n) is 7.95. The molecule has 0 unspecified atom stereocenters. The Morgan fingerprint density at radius 1 is 1.10 bits per heavy atom. The number of rotatable bonds is 7. The van der Waals surface area contributed by atoms with Crippen LogP contribution < -0.4 is 10.1 Å². The van der Waals surface area contributed by atoms with Gasteiger partial charge in [-0.3, -0.25) is 9.69 Å². The number of benzene rings is 2. The van der Waals surface area contributed by atoms with Crippen molar-refractivity contribution in [2.75, 3.05) is 20.2 Å². The van der Waals surface area contributed by atoms with Crippen LogP contribution in [0.4, 0.5) is 0 Å². The van der Waals surface area contributed by atoms with Crippen LogP contribution in [0.3, 0.4) is 0 Å². The second kappa shape index (κ2) is 9.62. The molecule has 0 saturated carbocycles. The third-order valence-corrected chi connectivity index (χ3v) is 7.75. The predicted molar refractivity (Wildman–Crippen MR) is 118 cm³/mol. The summed E-state index contributed by atoms with van der Waals surface area (Å²) in [5.74, 6) is 0.738. The molecule has 0 radical (unpaired) electrons. The Bertz CT molecular complexity index is 963. The van der Waals surface area contributed by atoms with Crippen molar-refractivity contribution in [3.8, 4) is 5.75 Å². The minimum absolute atomic E-state index is 0.116. The van der Waals surface area contributed by atoms with E-state index >= 15 is 0 Å². The molecule has 162 valence electrons. The largest absolute Gasteiger partial charge is 0.496 e. The lowest BCUT2D eigenvalue weighted by atomic mass is 10.0. The molecule has 30 heavy (non-hydrogen) atoms. The van der Waals surface area contributed by atoms with Gasteiger partial charge in [0.2, 0.25) is 0 Å². The highest BCUT2D eigenvalue weighted by Gasteiger charge is 2.23. The first-order valence-electron chi connectivity index (χ1n) is 10.3. The van der Waals surface area contributed by atoms with E-state index in [0.29, 0.717) is 5.56 Å². The lowest BCUT2D eigenvalue weighted by molar-refractivity contribution is 0.0908. The zero-order valence-electron chi connectivity index (χ0n) is 17.8. The standard InChI is InChI=1S/C23H30N2O4S/c1-17(2)30(27,28)21-10-8-18(9-11-21)23(26)24-20-12-14-25(15-13-20)16-19-6-4-5-7-22(19)29-3/h4-11,17,20H,12-16H2,1-3H3,(H,24,26). The molecule has 2 aromatic carbocycles. The quantitative estimate of drug-likeness (QED) is 0.730. The molecule has 1 heterocycles. The number of hydrogen-bond donors (Lipinski definition) is 1. The molecule has 1 aliphatic heterocycles. The molecule has 0 aromatic heterocycles. The van der Waals surface area contributed by atoms with Gasteiger partial charge in [-0.1, -0.05) is 18.2 Å². The average molecular weight is 431 g/mol. The number of sulfone groups is 1. The summed E-state index contributed by atoms with van der Waals surface area (Å²) in [4.78, 5) is 15.2. The molecule has 1 fully saturated rings. The highest BCUT2D eigenvalue weighted by molar-refractivity contribution is 7.92.